The molecule has 0 aromatic carbocycles. The molecule has 0 amide bonds. The quantitative estimate of drug-likeness (QED) is 0.546. The first-order chi connectivity index (χ1) is 1.00. The van der Waals surface area contributed by atoms with Crippen molar-refractivity contribution in [1.82, 2.24) is 0 Å². The molecule has 0 N–H and O–H groups in total. The molecule has 0 unspecified atom stereocenters. The van der Waals surface area contributed by atoms with Crippen molar-refractivity contribution in [2.75, 3.05) is 0 Å². The Labute approximate surface area is 76.3 Å². The van der Waals surface area contributed by atoms with Gasteiger partial charge >= 0.3 is 23.2 Å². The van der Waals surface area contributed by atoms with E-state index in [4.69, 9.17) is 3.40 Å². The summed E-state index contributed by atoms with van der Waals surface area (Å²) in [6.45, 7) is 0. The zero-order valence-corrected chi connectivity index (χ0v) is 8.30. The Kier molecular flexibility index (Phi) is 75.1. The minimum atomic E-state index is 0. The van der Waals surface area contributed by atoms with Crippen molar-refractivity contribution in [3.05, 3.63) is 0 Å². The SMILES string of the molecule is [O]=[Mo].[Ti].[Y]. The van der Waals surface area contributed by atoms with Crippen molar-refractivity contribution in [1.29, 1.82) is 0 Å². The first-order valence-corrected chi connectivity index (χ1v) is 0.986. The summed E-state index contributed by atoms with van der Waals surface area (Å²) in [7, 11) is 0. The van der Waals surface area contributed by atoms with Gasteiger partial charge in [-0.3, -0.25) is 0 Å². The van der Waals surface area contributed by atoms with Crippen LogP contribution in [0, 0.1) is 0 Å². The maximum Gasteiger partial charge on any atom is 0 e. The van der Waals surface area contributed by atoms with Crippen LogP contribution in [-0.4, -0.2) is 0 Å². The summed E-state index contributed by atoms with van der Waals surface area (Å²) in [5, 5.41) is 0. The van der Waals surface area contributed by atoms with Crippen molar-refractivity contribution in [2.45, 2.75) is 0 Å². The average molecular weight is 249 g/mol. The van der Waals surface area contributed by atoms with E-state index >= 15 is 0 Å². The minimum Gasteiger partial charge on any atom is 0 e. The summed E-state index contributed by atoms with van der Waals surface area (Å²) in [5.41, 5.74) is 0. The Balaban J connectivity index is -0.00000000500. The van der Waals surface area contributed by atoms with E-state index < -0.39 is 0 Å². The molecule has 4 heteroatoms. The molecule has 0 aliphatic carbocycles. The van der Waals surface area contributed by atoms with Crippen LogP contribution in [0.25, 0.3) is 0 Å². The molecule has 0 saturated heterocycles. The zero-order valence-electron chi connectivity index (χ0n) is 1.89. The van der Waals surface area contributed by atoms with Gasteiger partial charge in [0, 0.05) is 54.4 Å². The minimum absolute atomic E-state index is 0. The largest absolute Gasteiger partial charge is 0 e. The molecule has 0 aliphatic rings. The Bertz CT molecular complexity index is 8.00. The molecule has 0 rings (SSSR count). The predicted molar refractivity (Wildman–Crippen MR) is 0.686 cm³/mol. The fourth-order valence-corrected chi connectivity index (χ4v) is 0. The molecule has 0 aromatic rings. The van der Waals surface area contributed by atoms with Crippen LogP contribution in [0.5, 0.6) is 0 Å². The van der Waals surface area contributed by atoms with Crippen LogP contribution in [0.4, 0.5) is 0 Å². The molecular formula is MoOTiY. The second-order valence-corrected chi connectivity index (χ2v) is 0. The Morgan fingerprint density at radius 1 is 1.25 bits per heavy atom. The molecule has 19 valence electrons. The fourth-order valence-electron chi connectivity index (χ4n) is 0. The van der Waals surface area contributed by atoms with Gasteiger partial charge < -0.3 is 0 Å². The molecular weight excluding hydrogens is 249 g/mol. The molecule has 0 atom stereocenters. The standard InChI is InChI=1S/Mo.O.Ti.Y. The van der Waals surface area contributed by atoms with Crippen molar-refractivity contribution in [2.24, 2.45) is 0 Å². The van der Waals surface area contributed by atoms with E-state index in [1.165, 1.54) is 0 Å². The van der Waals surface area contributed by atoms with Crippen LogP contribution in [-0.2, 0) is 77.6 Å². The molecule has 0 aliphatic heterocycles. The van der Waals surface area contributed by atoms with Crippen LogP contribution >= 0.6 is 0 Å². The first-order valence-electron chi connectivity index (χ1n) is 0.167. The third kappa shape index (κ3) is 8.85. The van der Waals surface area contributed by atoms with Crippen LogP contribution in [0.1, 0.15) is 0 Å². The molecule has 0 aromatic heterocycles. The molecule has 0 fully saturated rings. The van der Waals surface area contributed by atoms with E-state index in [1.807, 2.05) is 0 Å². The summed E-state index contributed by atoms with van der Waals surface area (Å²) in [6.07, 6.45) is 0. The smallest absolute Gasteiger partial charge is 0 e. The third-order valence-corrected chi connectivity index (χ3v) is 0. The Morgan fingerprint density at radius 3 is 1.25 bits per heavy atom. The van der Waals surface area contributed by atoms with E-state index in [9.17, 15) is 0 Å². The van der Waals surface area contributed by atoms with Gasteiger partial charge in [0.25, 0.3) is 0 Å². The van der Waals surface area contributed by atoms with Gasteiger partial charge in [0.1, 0.15) is 0 Å². The van der Waals surface area contributed by atoms with E-state index in [0.29, 0.717) is 19.8 Å². The molecule has 0 spiro atoms. The van der Waals surface area contributed by atoms with Crippen molar-refractivity contribution >= 4 is 0 Å². The molecule has 1 nitrogen and oxygen atoms in total. The van der Waals surface area contributed by atoms with Gasteiger partial charge in [-0.05, 0) is 0 Å². The summed E-state index contributed by atoms with van der Waals surface area (Å²) in [4.78, 5) is 0. The van der Waals surface area contributed by atoms with Crippen LogP contribution in [0.15, 0.2) is 0 Å². The maximum absolute atomic E-state index is 8.26. The normalized spacial score (nSPS) is 1.00. The Hall–Kier alpha value is 2.31. The molecule has 0 bridgehead atoms. The Morgan fingerprint density at radius 2 is 1.25 bits per heavy atom. The van der Waals surface area contributed by atoms with Gasteiger partial charge in [0.05, 0.1) is 0 Å². The van der Waals surface area contributed by atoms with Gasteiger partial charge in [0.2, 0.25) is 0 Å². The molecule has 0 saturated carbocycles. The van der Waals surface area contributed by atoms with Crippen molar-refractivity contribution in [3.63, 3.8) is 0 Å². The number of rotatable bonds is 0. The van der Waals surface area contributed by atoms with Crippen LogP contribution in [0.3, 0.4) is 0 Å². The maximum atomic E-state index is 8.26. The second kappa shape index (κ2) is 18.5. The summed E-state index contributed by atoms with van der Waals surface area (Å²) in [6, 6.07) is 0. The van der Waals surface area contributed by atoms with E-state index in [0.717, 1.165) is 0 Å². The monoisotopic (exact) mass is 251 g/mol. The van der Waals surface area contributed by atoms with Gasteiger partial charge in [-0.25, -0.2) is 0 Å². The number of hydrogen-bond donors (Lipinski definition) is 0. The number of hydrogen-bond acceptors (Lipinski definition) is 1. The predicted octanol–water partition coefficient (Wildman–Crippen LogP) is -0.126. The van der Waals surface area contributed by atoms with E-state index in [2.05, 4.69) is 0 Å². The second-order valence-electron chi connectivity index (χ2n) is 0. The zero-order chi connectivity index (χ0) is 2.00. The average Bonchev–Trinajstić information content (AvgIpc) is 1.00. The molecule has 4 heavy (non-hydrogen) atoms. The van der Waals surface area contributed by atoms with Gasteiger partial charge in [0.15, 0.2) is 0 Å². The summed E-state index contributed by atoms with van der Waals surface area (Å²) >= 11 is 0.700. The van der Waals surface area contributed by atoms with Crippen molar-refractivity contribution < 1.29 is 77.6 Å². The van der Waals surface area contributed by atoms with Crippen LogP contribution in [0.2, 0.25) is 0 Å². The summed E-state index contributed by atoms with van der Waals surface area (Å²) < 4.78 is 8.26. The third-order valence-electron chi connectivity index (χ3n) is 0. The summed E-state index contributed by atoms with van der Waals surface area (Å²) in [5.74, 6) is 0. The first kappa shape index (κ1) is 16.2. The van der Waals surface area contributed by atoms with Crippen LogP contribution < -0.4 is 0 Å². The van der Waals surface area contributed by atoms with Gasteiger partial charge in [-0.15, -0.1) is 0 Å². The van der Waals surface area contributed by atoms with Crippen molar-refractivity contribution in [3.8, 4) is 0 Å². The molecule has 0 heterocycles. The van der Waals surface area contributed by atoms with Gasteiger partial charge in [-0.2, -0.15) is 0 Å². The van der Waals surface area contributed by atoms with E-state index in [1.54, 1.807) is 0 Å². The molecule has 1 radical (unpaired) electrons. The van der Waals surface area contributed by atoms with E-state index in [-0.39, 0.29) is 54.4 Å². The van der Waals surface area contributed by atoms with Gasteiger partial charge in [-0.1, -0.05) is 0 Å². The fraction of sp³-hybridized carbons (Fsp3) is 0. The topological polar surface area (TPSA) is 17.1 Å².